The molecule has 2 aliphatic heterocycles. The fourth-order valence-electron chi connectivity index (χ4n) is 3.92. The first-order chi connectivity index (χ1) is 15.2. The molecule has 2 aromatic rings. The minimum atomic E-state index is -3.67. The number of sulfonamides is 1. The van der Waals surface area contributed by atoms with Crippen LogP contribution in [0.25, 0.3) is 0 Å². The molecule has 2 aromatic carbocycles. The molecule has 172 valence electrons. The average molecular weight is 461 g/mol. The van der Waals surface area contributed by atoms with Crippen LogP contribution in [0.3, 0.4) is 0 Å². The number of nitrogens with zero attached hydrogens (tertiary/aromatic N) is 1. The maximum atomic E-state index is 13.0. The normalized spacial score (nSPS) is 18.0. The molecule has 0 unspecified atom stereocenters. The van der Waals surface area contributed by atoms with Gasteiger partial charge in [0.15, 0.2) is 18.1 Å². The lowest BCUT2D eigenvalue weighted by Crippen LogP contribution is -2.40. The van der Waals surface area contributed by atoms with Gasteiger partial charge in [-0.05, 0) is 44.5 Å². The number of ether oxygens (including phenoxy) is 3. The van der Waals surface area contributed by atoms with E-state index in [9.17, 15) is 13.2 Å². The summed E-state index contributed by atoms with van der Waals surface area (Å²) < 4.78 is 44.4. The van der Waals surface area contributed by atoms with E-state index in [0.717, 1.165) is 12.0 Å². The van der Waals surface area contributed by atoms with E-state index in [0.29, 0.717) is 49.1 Å². The number of hydrogen-bond acceptors (Lipinski definition) is 6. The van der Waals surface area contributed by atoms with Crippen LogP contribution >= 0.6 is 0 Å². The van der Waals surface area contributed by atoms with Gasteiger partial charge in [0.05, 0.1) is 18.1 Å². The Labute approximate surface area is 188 Å². The highest BCUT2D eigenvalue weighted by atomic mass is 32.2. The van der Waals surface area contributed by atoms with Gasteiger partial charge in [0.1, 0.15) is 5.60 Å². The van der Waals surface area contributed by atoms with Crippen molar-refractivity contribution in [3.8, 4) is 11.5 Å². The number of rotatable bonds is 6. The predicted octanol–water partition coefficient (Wildman–Crippen LogP) is 2.75. The van der Waals surface area contributed by atoms with Crippen molar-refractivity contribution in [2.75, 3.05) is 38.2 Å². The quantitative estimate of drug-likeness (QED) is 0.713. The molecule has 8 nitrogen and oxygen atoms in total. The van der Waals surface area contributed by atoms with Gasteiger partial charge in [0, 0.05) is 30.8 Å². The second-order valence-electron chi connectivity index (χ2n) is 8.62. The van der Waals surface area contributed by atoms with Gasteiger partial charge in [-0.15, -0.1) is 0 Å². The van der Waals surface area contributed by atoms with Gasteiger partial charge in [-0.3, -0.25) is 4.79 Å². The number of nitrogens with one attached hydrogen (secondary N) is 1. The molecule has 0 saturated carbocycles. The Morgan fingerprint density at radius 2 is 1.94 bits per heavy atom. The summed E-state index contributed by atoms with van der Waals surface area (Å²) in [6.07, 6.45) is 0.773. The number of amides is 1. The van der Waals surface area contributed by atoms with Crippen LogP contribution in [0.4, 0.5) is 5.69 Å². The van der Waals surface area contributed by atoms with Gasteiger partial charge in [-0.2, -0.15) is 4.31 Å². The molecule has 9 heteroatoms. The van der Waals surface area contributed by atoms with Crippen molar-refractivity contribution in [3.63, 3.8) is 0 Å². The van der Waals surface area contributed by atoms with Crippen LogP contribution in [0.2, 0.25) is 0 Å². The number of aryl methyl sites for hydroxylation is 1. The number of hydrogen-bond donors (Lipinski definition) is 1. The van der Waals surface area contributed by atoms with E-state index in [1.807, 2.05) is 26.0 Å². The van der Waals surface area contributed by atoms with Crippen molar-refractivity contribution >= 4 is 21.6 Å². The molecule has 1 amide bonds. The summed E-state index contributed by atoms with van der Waals surface area (Å²) in [6.45, 7) is 6.89. The van der Waals surface area contributed by atoms with Crippen molar-refractivity contribution in [2.45, 2.75) is 37.7 Å². The summed E-state index contributed by atoms with van der Waals surface area (Å²) >= 11 is 0. The van der Waals surface area contributed by atoms with E-state index in [2.05, 4.69) is 5.32 Å². The summed E-state index contributed by atoms with van der Waals surface area (Å²) in [5.41, 5.74) is 1.75. The molecule has 0 atom stereocenters. The molecule has 0 aromatic heterocycles. The van der Waals surface area contributed by atoms with Crippen LogP contribution in [0.5, 0.6) is 11.5 Å². The van der Waals surface area contributed by atoms with E-state index in [1.54, 1.807) is 25.1 Å². The second-order valence-corrected chi connectivity index (χ2v) is 10.5. The lowest BCUT2D eigenvalue weighted by Gasteiger charge is -2.26. The fraction of sp³-hybridized carbons (Fsp3) is 0.435. The van der Waals surface area contributed by atoms with Crippen molar-refractivity contribution in [3.05, 3.63) is 47.5 Å². The van der Waals surface area contributed by atoms with Crippen molar-refractivity contribution in [1.82, 2.24) is 4.31 Å². The number of carbonyl (C=O) groups excluding carboxylic acids is 1. The number of morpholine rings is 1. The lowest BCUT2D eigenvalue weighted by molar-refractivity contribution is -0.118. The van der Waals surface area contributed by atoms with Gasteiger partial charge in [0.25, 0.3) is 5.91 Å². The van der Waals surface area contributed by atoms with Gasteiger partial charge < -0.3 is 19.5 Å². The number of fused-ring (bicyclic) bond motifs is 1. The summed E-state index contributed by atoms with van der Waals surface area (Å²) in [4.78, 5) is 12.7. The Balaban J connectivity index is 1.44. The molecular weight excluding hydrogens is 432 g/mol. The molecule has 2 heterocycles. The highest BCUT2D eigenvalue weighted by Crippen LogP contribution is 2.41. The van der Waals surface area contributed by atoms with Crippen LogP contribution in [0.15, 0.2) is 41.3 Å². The molecule has 32 heavy (non-hydrogen) atoms. The van der Waals surface area contributed by atoms with Gasteiger partial charge in [0.2, 0.25) is 10.0 Å². The topological polar surface area (TPSA) is 94.2 Å². The van der Waals surface area contributed by atoms with Crippen molar-refractivity contribution < 1.29 is 27.4 Å². The molecule has 0 aliphatic carbocycles. The number of para-hydroxylation sites is 1. The zero-order chi connectivity index (χ0) is 22.9. The number of carbonyl (C=O) groups is 1. The Hall–Kier alpha value is -2.62. The molecule has 0 spiro atoms. The summed E-state index contributed by atoms with van der Waals surface area (Å²) in [6, 6.07) is 10.5. The first-order valence-electron chi connectivity index (χ1n) is 10.6. The number of anilines is 1. The lowest BCUT2D eigenvalue weighted by atomic mass is 10.0. The van der Waals surface area contributed by atoms with Gasteiger partial charge in [-0.25, -0.2) is 8.42 Å². The second kappa shape index (κ2) is 8.73. The van der Waals surface area contributed by atoms with Crippen LogP contribution in [-0.2, 0) is 26.0 Å². The first-order valence-corrected chi connectivity index (χ1v) is 12.0. The maximum Gasteiger partial charge on any atom is 0.262 e. The minimum absolute atomic E-state index is 0.176. The monoisotopic (exact) mass is 460 g/mol. The largest absolute Gasteiger partial charge is 0.483 e. The van der Waals surface area contributed by atoms with E-state index < -0.39 is 15.9 Å². The molecule has 1 fully saturated rings. The molecule has 2 aliphatic rings. The standard InChI is InChI=1S/C23H28N2O6S/c1-16-7-8-18(13-20(16)32(27,28)25-9-11-29-12-10-25)24-21(26)15-30-19-6-4-5-17-14-23(2,3)31-22(17)19/h4-8,13H,9-12,14-15H2,1-3H3,(H,24,26). The summed E-state index contributed by atoms with van der Waals surface area (Å²) in [7, 11) is -3.67. The van der Waals surface area contributed by atoms with Gasteiger partial charge >= 0.3 is 0 Å². The Kier molecular flexibility index (Phi) is 6.15. The molecule has 1 saturated heterocycles. The van der Waals surface area contributed by atoms with E-state index in [4.69, 9.17) is 14.2 Å². The van der Waals surface area contributed by atoms with Gasteiger partial charge in [-0.1, -0.05) is 18.2 Å². The average Bonchev–Trinajstić information content (AvgIpc) is 3.08. The zero-order valence-electron chi connectivity index (χ0n) is 18.5. The predicted molar refractivity (Wildman–Crippen MR) is 120 cm³/mol. The molecule has 0 bridgehead atoms. The smallest absolute Gasteiger partial charge is 0.262 e. The number of benzene rings is 2. The summed E-state index contributed by atoms with van der Waals surface area (Å²) in [5, 5.41) is 2.73. The highest BCUT2D eigenvalue weighted by molar-refractivity contribution is 7.89. The molecular formula is C23H28N2O6S. The Morgan fingerprint density at radius 1 is 1.19 bits per heavy atom. The van der Waals surface area contributed by atoms with Crippen LogP contribution in [0, 0.1) is 6.92 Å². The van der Waals surface area contributed by atoms with Crippen LogP contribution in [-0.4, -0.2) is 57.1 Å². The zero-order valence-corrected chi connectivity index (χ0v) is 19.3. The first kappa shape index (κ1) is 22.6. The molecule has 1 N–H and O–H groups in total. The van der Waals surface area contributed by atoms with E-state index >= 15 is 0 Å². The van der Waals surface area contributed by atoms with Crippen LogP contribution in [0.1, 0.15) is 25.0 Å². The molecule has 4 rings (SSSR count). The highest BCUT2D eigenvalue weighted by Gasteiger charge is 2.32. The fourth-order valence-corrected chi connectivity index (χ4v) is 5.58. The van der Waals surface area contributed by atoms with Crippen molar-refractivity contribution in [1.29, 1.82) is 0 Å². The third-order valence-electron chi connectivity index (χ3n) is 5.47. The SMILES string of the molecule is Cc1ccc(NC(=O)COc2cccc3c2OC(C)(C)C3)cc1S(=O)(=O)N1CCOCC1. The molecule has 0 radical (unpaired) electrons. The minimum Gasteiger partial charge on any atom is -0.483 e. The van der Waals surface area contributed by atoms with E-state index in [1.165, 1.54) is 10.4 Å². The van der Waals surface area contributed by atoms with E-state index in [-0.39, 0.29) is 17.1 Å². The van der Waals surface area contributed by atoms with Crippen LogP contribution < -0.4 is 14.8 Å². The van der Waals surface area contributed by atoms with Crippen molar-refractivity contribution in [2.24, 2.45) is 0 Å². The maximum absolute atomic E-state index is 13.0. The third kappa shape index (κ3) is 4.74. The Morgan fingerprint density at radius 3 is 2.69 bits per heavy atom. The third-order valence-corrected chi connectivity index (χ3v) is 7.51. The summed E-state index contributed by atoms with van der Waals surface area (Å²) in [5.74, 6) is 0.792. The Bertz CT molecular complexity index is 1120.